The third-order valence-corrected chi connectivity index (χ3v) is 8.24. The Morgan fingerprint density at radius 3 is 2.38 bits per heavy atom. The van der Waals surface area contributed by atoms with Crippen molar-refractivity contribution in [3.63, 3.8) is 0 Å². The summed E-state index contributed by atoms with van der Waals surface area (Å²) in [5.41, 5.74) is 1.18. The van der Waals surface area contributed by atoms with Crippen LogP contribution in [0.1, 0.15) is 40.5 Å². The number of hydrogen-bond donors (Lipinski definition) is 0. The summed E-state index contributed by atoms with van der Waals surface area (Å²) in [4.78, 5) is 11.8. The van der Waals surface area contributed by atoms with Gasteiger partial charge in [0.2, 0.25) is 0 Å². The summed E-state index contributed by atoms with van der Waals surface area (Å²) in [6.07, 6.45) is 3.41. The first kappa shape index (κ1) is 13.7. The van der Waals surface area contributed by atoms with Crippen molar-refractivity contribution in [3.8, 4) is 0 Å². The van der Waals surface area contributed by atoms with E-state index >= 15 is 0 Å². The van der Waals surface area contributed by atoms with Crippen molar-refractivity contribution in [2.75, 3.05) is 0 Å². The van der Waals surface area contributed by atoms with Crippen molar-refractivity contribution in [1.82, 2.24) is 0 Å². The standard InChI is InChI=1S/C13H24O2Si/c1-10-7-8-12(11(14)9-10)15-16(5,6)13(2,3)4/h9,12H,7-8H2,1-6H3. The molecule has 0 bridgehead atoms. The highest BCUT2D eigenvalue weighted by Gasteiger charge is 2.40. The molecule has 92 valence electrons. The van der Waals surface area contributed by atoms with E-state index in [-0.39, 0.29) is 16.9 Å². The summed E-state index contributed by atoms with van der Waals surface area (Å²) >= 11 is 0. The molecule has 1 aliphatic rings. The molecule has 3 heteroatoms. The Morgan fingerprint density at radius 1 is 1.38 bits per heavy atom. The molecule has 1 unspecified atom stereocenters. The lowest BCUT2D eigenvalue weighted by Gasteiger charge is -2.39. The molecule has 0 aliphatic heterocycles. The average Bonchev–Trinajstić information content (AvgIpc) is 2.08. The predicted octanol–water partition coefficient (Wildman–Crippen LogP) is 3.69. The van der Waals surface area contributed by atoms with Crippen molar-refractivity contribution in [3.05, 3.63) is 11.6 Å². The van der Waals surface area contributed by atoms with Crippen LogP contribution in [0.2, 0.25) is 18.1 Å². The minimum absolute atomic E-state index is 0.161. The molecule has 0 aromatic heterocycles. The molecule has 0 saturated carbocycles. The van der Waals surface area contributed by atoms with Crippen LogP contribution in [0.5, 0.6) is 0 Å². The largest absolute Gasteiger partial charge is 0.407 e. The molecule has 1 atom stereocenters. The first-order valence-corrected chi connectivity index (χ1v) is 8.93. The van der Waals surface area contributed by atoms with Gasteiger partial charge in [-0.05, 0) is 44.0 Å². The van der Waals surface area contributed by atoms with Gasteiger partial charge in [0.05, 0.1) is 0 Å². The Morgan fingerprint density at radius 2 is 1.94 bits per heavy atom. The highest BCUT2D eigenvalue weighted by Crippen LogP contribution is 2.38. The van der Waals surface area contributed by atoms with Gasteiger partial charge in [0.25, 0.3) is 0 Å². The van der Waals surface area contributed by atoms with Crippen LogP contribution in [0, 0.1) is 0 Å². The van der Waals surface area contributed by atoms with Crippen LogP contribution in [-0.2, 0) is 9.22 Å². The molecule has 0 radical (unpaired) electrons. The van der Waals surface area contributed by atoms with Crippen molar-refractivity contribution < 1.29 is 9.22 Å². The van der Waals surface area contributed by atoms with E-state index in [2.05, 4.69) is 33.9 Å². The number of rotatable bonds is 2. The van der Waals surface area contributed by atoms with Gasteiger partial charge in [-0.2, -0.15) is 0 Å². The number of hydrogen-bond acceptors (Lipinski definition) is 2. The normalized spacial score (nSPS) is 23.2. The molecule has 16 heavy (non-hydrogen) atoms. The molecule has 1 rings (SSSR count). The highest BCUT2D eigenvalue weighted by atomic mass is 28.4. The molecule has 0 heterocycles. The fraction of sp³-hybridized carbons (Fsp3) is 0.769. The smallest absolute Gasteiger partial charge is 0.193 e. The van der Waals surface area contributed by atoms with Gasteiger partial charge in [-0.1, -0.05) is 26.3 Å². The van der Waals surface area contributed by atoms with Crippen molar-refractivity contribution in [2.24, 2.45) is 0 Å². The number of carbonyl (C=O) groups is 1. The maximum Gasteiger partial charge on any atom is 0.193 e. The van der Waals surface area contributed by atoms with E-state index in [1.54, 1.807) is 6.08 Å². The zero-order chi connectivity index (χ0) is 12.6. The Balaban J connectivity index is 2.73. The summed E-state index contributed by atoms with van der Waals surface area (Å²) in [5.74, 6) is 0.161. The van der Waals surface area contributed by atoms with Gasteiger partial charge in [0, 0.05) is 0 Å². The van der Waals surface area contributed by atoms with Gasteiger partial charge in [0.15, 0.2) is 14.1 Å². The van der Waals surface area contributed by atoms with E-state index in [9.17, 15) is 4.79 Å². The Kier molecular flexibility index (Phi) is 3.80. The van der Waals surface area contributed by atoms with Crippen molar-refractivity contribution >= 4 is 14.1 Å². The minimum atomic E-state index is -1.81. The Labute approximate surface area is 100 Å². The second-order valence-corrected chi connectivity index (χ2v) is 11.1. The van der Waals surface area contributed by atoms with E-state index in [0.29, 0.717) is 0 Å². The van der Waals surface area contributed by atoms with Gasteiger partial charge < -0.3 is 4.43 Å². The Hall–Kier alpha value is -0.413. The lowest BCUT2D eigenvalue weighted by atomic mass is 9.98. The summed E-state index contributed by atoms with van der Waals surface area (Å²) in [7, 11) is -1.81. The van der Waals surface area contributed by atoms with E-state index in [4.69, 9.17) is 4.43 Å². The molecule has 1 aliphatic carbocycles. The summed E-state index contributed by atoms with van der Waals surface area (Å²) in [6.45, 7) is 13.0. The lowest BCUT2D eigenvalue weighted by molar-refractivity contribution is -0.122. The Bertz CT molecular complexity index is 310. The molecule has 0 fully saturated rings. The van der Waals surface area contributed by atoms with Gasteiger partial charge in [0.1, 0.15) is 6.10 Å². The SMILES string of the molecule is CC1=CC(=O)C(O[Si](C)(C)C(C)(C)C)CC1. The van der Waals surface area contributed by atoms with Crippen LogP contribution in [0.4, 0.5) is 0 Å². The fourth-order valence-electron chi connectivity index (χ4n) is 1.56. The third-order valence-electron chi connectivity index (χ3n) is 3.75. The fourth-order valence-corrected chi connectivity index (χ4v) is 2.86. The topological polar surface area (TPSA) is 26.3 Å². The van der Waals surface area contributed by atoms with Crippen molar-refractivity contribution in [2.45, 2.75) is 64.8 Å². The van der Waals surface area contributed by atoms with Crippen LogP contribution in [0.25, 0.3) is 0 Å². The maximum atomic E-state index is 11.8. The quantitative estimate of drug-likeness (QED) is 0.688. The lowest BCUT2D eigenvalue weighted by Crippen LogP contribution is -2.46. The zero-order valence-electron chi connectivity index (χ0n) is 11.4. The van der Waals surface area contributed by atoms with Crippen LogP contribution in [0.3, 0.4) is 0 Å². The van der Waals surface area contributed by atoms with Gasteiger partial charge >= 0.3 is 0 Å². The molecule has 0 saturated heterocycles. The van der Waals surface area contributed by atoms with E-state index in [1.165, 1.54) is 5.57 Å². The van der Waals surface area contributed by atoms with Gasteiger partial charge in [-0.3, -0.25) is 4.79 Å². The van der Waals surface area contributed by atoms with Crippen LogP contribution in [0.15, 0.2) is 11.6 Å². The van der Waals surface area contributed by atoms with E-state index in [1.807, 2.05) is 6.92 Å². The first-order valence-electron chi connectivity index (χ1n) is 6.02. The van der Waals surface area contributed by atoms with Crippen LogP contribution >= 0.6 is 0 Å². The second-order valence-electron chi connectivity index (χ2n) is 6.30. The second kappa shape index (κ2) is 4.45. The van der Waals surface area contributed by atoms with Crippen LogP contribution < -0.4 is 0 Å². The summed E-state index contributed by atoms with van der Waals surface area (Å²) < 4.78 is 6.15. The summed E-state index contributed by atoms with van der Waals surface area (Å²) in [6, 6.07) is 0. The third kappa shape index (κ3) is 3.05. The minimum Gasteiger partial charge on any atom is -0.407 e. The first-order chi connectivity index (χ1) is 7.13. The zero-order valence-corrected chi connectivity index (χ0v) is 12.4. The van der Waals surface area contributed by atoms with E-state index in [0.717, 1.165) is 12.8 Å². The number of ketones is 1. The molecule has 2 nitrogen and oxygen atoms in total. The number of allylic oxidation sites excluding steroid dienone is 1. The van der Waals surface area contributed by atoms with Crippen molar-refractivity contribution in [1.29, 1.82) is 0 Å². The number of carbonyl (C=O) groups excluding carboxylic acids is 1. The van der Waals surface area contributed by atoms with Gasteiger partial charge in [-0.15, -0.1) is 0 Å². The monoisotopic (exact) mass is 240 g/mol. The molecule has 0 aromatic carbocycles. The summed E-state index contributed by atoms with van der Waals surface area (Å²) in [5, 5.41) is 0.170. The molecule has 0 amide bonds. The molecule has 0 aromatic rings. The molecular weight excluding hydrogens is 216 g/mol. The molecule has 0 spiro atoms. The molecule has 0 N–H and O–H groups in total. The predicted molar refractivity (Wildman–Crippen MR) is 70.1 cm³/mol. The highest BCUT2D eigenvalue weighted by molar-refractivity contribution is 6.74. The van der Waals surface area contributed by atoms with E-state index < -0.39 is 8.32 Å². The van der Waals surface area contributed by atoms with Gasteiger partial charge in [-0.25, -0.2) is 0 Å². The molecular formula is C13H24O2Si. The maximum absolute atomic E-state index is 11.8. The van der Waals surface area contributed by atoms with Crippen LogP contribution in [-0.4, -0.2) is 20.2 Å². The average molecular weight is 240 g/mol.